The third-order valence-corrected chi connectivity index (χ3v) is 4.88. The molecule has 0 atom stereocenters. The maximum atomic E-state index is 12.3. The number of amides is 1. The molecule has 1 fully saturated rings. The summed E-state index contributed by atoms with van der Waals surface area (Å²) < 4.78 is 5.18. The summed E-state index contributed by atoms with van der Waals surface area (Å²) in [6.07, 6.45) is 0. The minimum Gasteiger partial charge on any atom is -0.452 e. The van der Waals surface area contributed by atoms with Crippen LogP contribution in [0.5, 0.6) is 0 Å². The van der Waals surface area contributed by atoms with E-state index < -0.39 is 5.97 Å². The van der Waals surface area contributed by atoms with Crippen LogP contribution in [-0.4, -0.2) is 54.5 Å². The average Bonchev–Trinajstić information content (AvgIpc) is 2.68. The zero-order valence-corrected chi connectivity index (χ0v) is 16.1. The molecule has 2 aromatic carbocycles. The molecule has 0 saturated carbocycles. The van der Waals surface area contributed by atoms with Gasteiger partial charge in [-0.3, -0.25) is 9.69 Å². The third-order valence-electron chi connectivity index (χ3n) is 4.62. The molecule has 0 aromatic heterocycles. The summed E-state index contributed by atoms with van der Waals surface area (Å²) in [6, 6.07) is 15.0. The summed E-state index contributed by atoms with van der Waals surface area (Å²) in [4.78, 5) is 28.4. The fourth-order valence-electron chi connectivity index (χ4n) is 3.08. The number of benzene rings is 2. The monoisotopic (exact) mass is 386 g/mol. The van der Waals surface area contributed by atoms with Gasteiger partial charge in [-0.05, 0) is 36.8 Å². The molecule has 6 heteroatoms. The minimum absolute atomic E-state index is 0.151. The van der Waals surface area contributed by atoms with Gasteiger partial charge in [0.2, 0.25) is 0 Å². The molecule has 0 bridgehead atoms. The molecule has 2 aromatic rings. The van der Waals surface area contributed by atoms with Gasteiger partial charge in [0, 0.05) is 37.7 Å². The number of aryl methyl sites for hydroxylation is 1. The van der Waals surface area contributed by atoms with Gasteiger partial charge >= 0.3 is 5.97 Å². The van der Waals surface area contributed by atoms with Gasteiger partial charge in [-0.2, -0.15) is 0 Å². The van der Waals surface area contributed by atoms with E-state index in [1.54, 1.807) is 23.1 Å². The molecule has 0 radical (unpaired) electrons. The van der Waals surface area contributed by atoms with Gasteiger partial charge in [0.1, 0.15) is 0 Å². The fraction of sp³-hybridized carbons (Fsp3) is 0.333. The van der Waals surface area contributed by atoms with E-state index in [4.69, 9.17) is 16.3 Å². The van der Waals surface area contributed by atoms with E-state index in [1.807, 2.05) is 37.3 Å². The largest absolute Gasteiger partial charge is 0.452 e. The highest BCUT2D eigenvalue weighted by molar-refractivity contribution is 6.30. The fourth-order valence-corrected chi connectivity index (χ4v) is 3.20. The van der Waals surface area contributed by atoms with E-state index in [-0.39, 0.29) is 12.5 Å². The Morgan fingerprint density at radius 2 is 1.74 bits per heavy atom. The molecule has 0 N–H and O–H groups in total. The Morgan fingerprint density at radius 3 is 2.41 bits per heavy atom. The molecule has 1 heterocycles. The second kappa shape index (κ2) is 9.02. The van der Waals surface area contributed by atoms with Gasteiger partial charge in [-0.15, -0.1) is 0 Å². The molecular formula is C21H23ClN2O3. The van der Waals surface area contributed by atoms with Crippen molar-refractivity contribution < 1.29 is 14.3 Å². The molecular weight excluding hydrogens is 364 g/mol. The highest BCUT2D eigenvalue weighted by Crippen LogP contribution is 2.13. The highest BCUT2D eigenvalue weighted by atomic mass is 35.5. The van der Waals surface area contributed by atoms with Crippen molar-refractivity contribution in [3.8, 4) is 0 Å². The van der Waals surface area contributed by atoms with Crippen molar-refractivity contribution in [2.75, 3.05) is 32.8 Å². The number of carbonyl (C=O) groups is 2. The van der Waals surface area contributed by atoms with E-state index in [9.17, 15) is 9.59 Å². The SMILES string of the molecule is Cc1cccc(C(=O)OCC(=O)N2CCN(Cc3ccc(Cl)cc3)CC2)c1. The normalized spacial score (nSPS) is 14.8. The predicted octanol–water partition coefficient (Wildman–Crippen LogP) is 3.15. The minimum atomic E-state index is -0.464. The summed E-state index contributed by atoms with van der Waals surface area (Å²) in [6.45, 7) is 5.38. The topological polar surface area (TPSA) is 49.9 Å². The molecule has 27 heavy (non-hydrogen) atoms. The standard InChI is InChI=1S/C21H23ClN2O3/c1-16-3-2-4-18(13-16)21(26)27-15-20(25)24-11-9-23(10-12-24)14-17-5-7-19(22)8-6-17/h2-8,13H,9-12,14-15H2,1H3. The number of esters is 1. The van der Waals surface area contributed by atoms with Crippen molar-refractivity contribution in [3.63, 3.8) is 0 Å². The summed E-state index contributed by atoms with van der Waals surface area (Å²) >= 11 is 5.91. The first-order valence-corrected chi connectivity index (χ1v) is 9.37. The van der Waals surface area contributed by atoms with Crippen molar-refractivity contribution >= 4 is 23.5 Å². The van der Waals surface area contributed by atoms with Gasteiger partial charge in [0.25, 0.3) is 5.91 Å². The summed E-state index contributed by atoms with van der Waals surface area (Å²) in [7, 11) is 0. The molecule has 142 valence electrons. The summed E-state index contributed by atoms with van der Waals surface area (Å²) in [5, 5.41) is 0.731. The molecule has 1 aliphatic heterocycles. The zero-order valence-electron chi connectivity index (χ0n) is 15.4. The molecule has 0 unspecified atom stereocenters. The number of ether oxygens (including phenoxy) is 1. The molecule has 3 rings (SSSR count). The van der Waals surface area contributed by atoms with Crippen LogP contribution >= 0.6 is 11.6 Å². The van der Waals surface area contributed by atoms with Crippen molar-refractivity contribution in [2.24, 2.45) is 0 Å². The number of nitrogens with zero attached hydrogens (tertiary/aromatic N) is 2. The first-order valence-electron chi connectivity index (χ1n) is 8.99. The number of piperazine rings is 1. The van der Waals surface area contributed by atoms with E-state index in [0.29, 0.717) is 18.7 Å². The molecule has 0 spiro atoms. The van der Waals surface area contributed by atoms with Crippen LogP contribution in [0.4, 0.5) is 0 Å². The lowest BCUT2D eigenvalue weighted by Crippen LogP contribution is -2.49. The van der Waals surface area contributed by atoms with E-state index in [2.05, 4.69) is 4.90 Å². The molecule has 1 saturated heterocycles. The van der Waals surface area contributed by atoms with Crippen LogP contribution in [0.3, 0.4) is 0 Å². The van der Waals surface area contributed by atoms with Gasteiger partial charge < -0.3 is 9.64 Å². The van der Waals surface area contributed by atoms with Crippen LogP contribution in [0.25, 0.3) is 0 Å². The summed E-state index contributed by atoms with van der Waals surface area (Å²) in [5.74, 6) is -0.615. The van der Waals surface area contributed by atoms with Crippen LogP contribution < -0.4 is 0 Å². The van der Waals surface area contributed by atoms with Crippen LogP contribution in [-0.2, 0) is 16.1 Å². The number of hydrogen-bond donors (Lipinski definition) is 0. The lowest BCUT2D eigenvalue weighted by Gasteiger charge is -2.34. The zero-order chi connectivity index (χ0) is 19.2. The van der Waals surface area contributed by atoms with E-state index >= 15 is 0 Å². The lowest BCUT2D eigenvalue weighted by molar-refractivity contribution is -0.136. The number of carbonyl (C=O) groups excluding carboxylic acids is 2. The number of halogens is 1. The van der Waals surface area contributed by atoms with Crippen LogP contribution in [0, 0.1) is 6.92 Å². The van der Waals surface area contributed by atoms with Gasteiger partial charge in [-0.1, -0.05) is 41.4 Å². The Balaban J connectivity index is 1.43. The summed E-state index contributed by atoms with van der Waals surface area (Å²) in [5.41, 5.74) is 2.65. The van der Waals surface area contributed by atoms with E-state index in [1.165, 1.54) is 5.56 Å². The lowest BCUT2D eigenvalue weighted by atomic mass is 10.1. The Morgan fingerprint density at radius 1 is 1.04 bits per heavy atom. The van der Waals surface area contributed by atoms with Crippen molar-refractivity contribution in [1.29, 1.82) is 0 Å². The third kappa shape index (κ3) is 5.55. The van der Waals surface area contributed by atoms with Gasteiger partial charge in [-0.25, -0.2) is 4.79 Å². The van der Waals surface area contributed by atoms with Crippen LogP contribution in [0.15, 0.2) is 48.5 Å². The Bertz CT molecular complexity index is 799. The molecule has 1 amide bonds. The Kier molecular flexibility index (Phi) is 6.48. The number of hydrogen-bond acceptors (Lipinski definition) is 4. The van der Waals surface area contributed by atoms with Crippen LogP contribution in [0.1, 0.15) is 21.5 Å². The number of rotatable bonds is 5. The van der Waals surface area contributed by atoms with E-state index in [0.717, 1.165) is 30.2 Å². The quantitative estimate of drug-likeness (QED) is 0.741. The first-order chi connectivity index (χ1) is 13.0. The van der Waals surface area contributed by atoms with Gasteiger partial charge in [0.15, 0.2) is 6.61 Å². The van der Waals surface area contributed by atoms with Crippen molar-refractivity contribution in [3.05, 3.63) is 70.2 Å². The maximum Gasteiger partial charge on any atom is 0.338 e. The van der Waals surface area contributed by atoms with Crippen molar-refractivity contribution in [1.82, 2.24) is 9.80 Å². The first kappa shape index (κ1) is 19.4. The Labute approximate surface area is 164 Å². The van der Waals surface area contributed by atoms with Crippen LogP contribution in [0.2, 0.25) is 5.02 Å². The molecule has 0 aliphatic carbocycles. The maximum absolute atomic E-state index is 12.3. The second-order valence-corrected chi connectivity index (χ2v) is 7.17. The highest BCUT2D eigenvalue weighted by Gasteiger charge is 2.22. The Hall–Kier alpha value is -2.37. The van der Waals surface area contributed by atoms with Gasteiger partial charge in [0.05, 0.1) is 5.56 Å². The molecule has 5 nitrogen and oxygen atoms in total. The molecule has 1 aliphatic rings. The predicted molar refractivity (Wildman–Crippen MR) is 105 cm³/mol. The van der Waals surface area contributed by atoms with Crippen molar-refractivity contribution in [2.45, 2.75) is 13.5 Å². The average molecular weight is 387 g/mol. The second-order valence-electron chi connectivity index (χ2n) is 6.73. The smallest absolute Gasteiger partial charge is 0.338 e.